The van der Waals surface area contributed by atoms with Gasteiger partial charge in [0, 0.05) is 12.0 Å². The van der Waals surface area contributed by atoms with Crippen LogP contribution in [0.4, 0.5) is 0 Å². The predicted octanol–water partition coefficient (Wildman–Crippen LogP) is 4.71. The fraction of sp³-hybridized carbons (Fsp3) is 0.188. The molecular weight excluding hydrogens is 295 g/mol. The highest BCUT2D eigenvalue weighted by Gasteiger charge is 2.05. The summed E-state index contributed by atoms with van der Waals surface area (Å²) in [6, 6.07) is 13.5. The van der Waals surface area contributed by atoms with Gasteiger partial charge in [0.05, 0.1) is 12.1 Å². The highest BCUT2D eigenvalue weighted by molar-refractivity contribution is 6.63. The zero-order chi connectivity index (χ0) is 14.5. The van der Waals surface area contributed by atoms with E-state index in [0.717, 1.165) is 22.4 Å². The van der Waals surface area contributed by atoms with E-state index >= 15 is 0 Å². The molecular formula is C16H14Cl2O2. The van der Waals surface area contributed by atoms with E-state index < -0.39 is 0 Å². The molecule has 0 fully saturated rings. The highest BCUT2D eigenvalue weighted by atomic mass is 35.5. The Morgan fingerprint density at radius 3 is 2.40 bits per heavy atom. The van der Waals surface area contributed by atoms with Crippen molar-refractivity contribution in [3.63, 3.8) is 0 Å². The second-order valence-corrected chi connectivity index (χ2v) is 5.23. The molecule has 2 rings (SSSR count). The van der Waals surface area contributed by atoms with E-state index in [2.05, 4.69) is 0 Å². The standard InChI is InChI=1S/C16H14Cl2O2/c1-20-13-7-8-14(15(17)10-13)12-5-2-11(3-6-12)4-9-16(18)19/h2-3,5-8,10H,4,9H2,1H3. The van der Waals surface area contributed by atoms with Gasteiger partial charge >= 0.3 is 0 Å². The highest BCUT2D eigenvalue weighted by Crippen LogP contribution is 2.31. The normalized spacial score (nSPS) is 10.3. The van der Waals surface area contributed by atoms with Crippen molar-refractivity contribution in [1.29, 1.82) is 0 Å². The van der Waals surface area contributed by atoms with Crippen molar-refractivity contribution in [2.45, 2.75) is 12.8 Å². The minimum absolute atomic E-state index is 0.313. The number of rotatable bonds is 5. The number of ether oxygens (including phenoxy) is 1. The zero-order valence-corrected chi connectivity index (χ0v) is 12.5. The van der Waals surface area contributed by atoms with Gasteiger partial charge in [-0.25, -0.2) is 0 Å². The van der Waals surface area contributed by atoms with Crippen LogP contribution in [0.1, 0.15) is 12.0 Å². The molecule has 20 heavy (non-hydrogen) atoms. The molecule has 2 nitrogen and oxygen atoms in total. The molecule has 104 valence electrons. The van der Waals surface area contributed by atoms with Gasteiger partial charge in [0.25, 0.3) is 0 Å². The molecule has 2 aromatic rings. The van der Waals surface area contributed by atoms with Crippen LogP contribution in [0.25, 0.3) is 11.1 Å². The van der Waals surface area contributed by atoms with Crippen molar-refractivity contribution < 1.29 is 9.53 Å². The lowest BCUT2D eigenvalue weighted by atomic mass is 10.0. The van der Waals surface area contributed by atoms with E-state index in [-0.39, 0.29) is 5.24 Å². The molecule has 0 saturated heterocycles. The summed E-state index contributed by atoms with van der Waals surface area (Å²) < 4.78 is 5.13. The lowest BCUT2D eigenvalue weighted by Crippen LogP contribution is -1.91. The van der Waals surface area contributed by atoms with Crippen molar-refractivity contribution in [3.8, 4) is 16.9 Å². The van der Waals surface area contributed by atoms with Crippen LogP contribution >= 0.6 is 23.2 Å². The summed E-state index contributed by atoms with van der Waals surface area (Å²) in [6.07, 6.45) is 1.00. The molecule has 0 aliphatic rings. The Kier molecular flexibility index (Phi) is 5.05. The first-order chi connectivity index (χ1) is 9.60. The number of benzene rings is 2. The summed E-state index contributed by atoms with van der Waals surface area (Å²) >= 11 is 11.6. The second kappa shape index (κ2) is 6.78. The Morgan fingerprint density at radius 2 is 1.85 bits per heavy atom. The second-order valence-electron chi connectivity index (χ2n) is 4.40. The van der Waals surface area contributed by atoms with Gasteiger partial charge in [-0.3, -0.25) is 4.79 Å². The quantitative estimate of drug-likeness (QED) is 0.747. The van der Waals surface area contributed by atoms with Gasteiger partial charge < -0.3 is 4.74 Å². The third-order valence-corrected chi connectivity index (χ3v) is 3.55. The van der Waals surface area contributed by atoms with Gasteiger partial charge in [0.1, 0.15) is 5.75 Å². The number of methoxy groups -OCH3 is 1. The first-order valence-electron chi connectivity index (χ1n) is 6.21. The molecule has 0 saturated carbocycles. The van der Waals surface area contributed by atoms with Crippen LogP contribution < -0.4 is 4.74 Å². The molecule has 0 bridgehead atoms. The van der Waals surface area contributed by atoms with Gasteiger partial charge in [-0.05, 0) is 47.3 Å². The third-order valence-electron chi connectivity index (χ3n) is 3.05. The van der Waals surface area contributed by atoms with E-state index in [1.165, 1.54) is 0 Å². The van der Waals surface area contributed by atoms with E-state index in [0.29, 0.717) is 17.9 Å². The monoisotopic (exact) mass is 308 g/mol. The van der Waals surface area contributed by atoms with Crippen molar-refractivity contribution >= 4 is 28.4 Å². The molecule has 0 N–H and O–H groups in total. The Balaban J connectivity index is 2.19. The maximum Gasteiger partial charge on any atom is 0.221 e. The summed E-state index contributed by atoms with van der Waals surface area (Å²) in [5, 5.41) is 0.334. The van der Waals surface area contributed by atoms with Crippen LogP contribution in [0.2, 0.25) is 5.02 Å². The summed E-state index contributed by atoms with van der Waals surface area (Å²) in [5.74, 6) is 0.732. The zero-order valence-electron chi connectivity index (χ0n) is 11.0. The molecule has 0 radical (unpaired) electrons. The minimum atomic E-state index is -0.313. The molecule has 0 unspecified atom stereocenters. The molecule has 0 aliphatic carbocycles. The molecule has 0 spiro atoms. The fourth-order valence-electron chi connectivity index (χ4n) is 1.95. The van der Waals surface area contributed by atoms with Crippen LogP contribution in [0, 0.1) is 0 Å². The van der Waals surface area contributed by atoms with E-state index in [1.54, 1.807) is 13.2 Å². The average Bonchev–Trinajstić information content (AvgIpc) is 2.45. The predicted molar refractivity (Wildman–Crippen MR) is 82.6 cm³/mol. The van der Waals surface area contributed by atoms with Crippen LogP contribution in [-0.2, 0) is 11.2 Å². The maximum absolute atomic E-state index is 10.7. The molecule has 0 atom stereocenters. The molecule has 2 aromatic carbocycles. The number of carbonyl (C=O) groups excluding carboxylic acids is 1. The van der Waals surface area contributed by atoms with Gasteiger partial charge in [0.15, 0.2) is 0 Å². The van der Waals surface area contributed by atoms with Crippen LogP contribution in [0.15, 0.2) is 42.5 Å². The van der Waals surface area contributed by atoms with Crippen molar-refractivity contribution in [2.75, 3.05) is 7.11 Å². The van der Waals surface area contributed by atoms with E-state index in [1.807, 2.05) is 36.4 Å². The third kappa shape index (κ3) is 3.75. The van der Waals surface area contributed by atoms with Gasteiger partial charge in [-0.15, -0.1) is 0 Å². The minimum Gasteiger partial charge on any atom is -0.497 e. The fourth-order valence-corrected chi connectivity index (χ4v) is 2.32. The Morgan fingerprint density at radius 1 is 1.15 bits per heavy atom. The molecule has 0 aromatic heterocycles. The average molecular weight is 309 g/mol. The number of hydrogen-bond acceptors (Lipinski definition) is 2. The molecule has 0 amide bonds. The Labute approximate surface area is 128 Å². The lowest BCUT2D eigenvalue weighted by Gasteiger charge is -2.08. The summed E-state index contributed by atoms with van der Waals surface area (Å²) in [7, 11) is 1.61. The number of aryl methyl sites for hydroxylation is 1. The van der Waals surface area contributed by atoms with Crippen LogP contribution in [0.5, 0.6) is 5.75 Å². The number of halogens is 2. The first kappa shape index (κ1) is 14.9. The van der Waals surface area contributed by atoms with Crippen molar-refractivity contribution in [2.24, 2.45) is 0 Å². The summed E-state index contributed by atoms with van der Waals surface area (Å²) in [5.41, 5.74) is 3.05. The van der Waals surface area contributed by atoms with Gasteiger partial charge in [-0.1, -0.05) is 35.9 Å². The molecule has 0 aliphatic heterocycles. The van der Waals surface area contributed by atoms with Gasteiger partial charge in [-0.2, -0.15) is 0 Å². The summed E-state index contributed by atoms with van der Waals surface area (Å²) in [6.45, 7) is 0. The molecule has 0 heterocycles. The SMILES string of the molecule is COc1ccc(-c2ccc(CCC(=O)Cl)cc2)c(Cl)c1. The summed E-state index contributed by atoms with van der Waals surface area (Å²) in [4.78, 5) is 10.7. The van der Waals surface area contributed by atoms with Crippen molar-refractivity contribution in [1.82, 2.24) is 0 Å². The van der Waals surface area contributed by atoms with Crippen LogP contribution in [0.3, 0.4) is 0 Å². The Hall–Kier alpha value is -1.51. The topological polar surface area (TPSA) is 26.3 Å². The lowest BCUT2D eigenvalue weighted by molar-refractivity contribution is -0.111. The van der Waals surface area contributed by atoms with E-state index in [9.17, 15) is 4.79 Å². The Bertz CT molecular complexity index is 606. The molecule has 4 heteroatoms. The van der Waals surface area contributed by atoms with Crippen LogP contribution in [-0.4, -0.2) is 12.4 Å². The maximum atomic E-state index is 10.7. The number of carbonyl (C=O) groups is 1. The largest absolute Gasteiger partial charge is 0.497 e. The first-order valence-corrected chi connectivity index (χ1v) is 6.97. The van der Waals surface area contributed by atoms with E-state index in [4.69, 9.17) is 27.9 Å². The van der Waals surface area contributed by atoms with Gasteiger partial charge in [0.2, 0.25) is 5.24 Å². The van der Waals surface area contributed by atoms with Crippen molar-refractivity contribution in [3.05, 3.63) is 53.1 Å². The smallest absolute Gasteiger partial charge is 0.221 e. The number of hydrogen-bond donors (Lipinski definition) is 0.